The maximum atomic E-state index is 12.3. The fourth-order valence-electron chi connectivity index (χ4n) is 2.37. The maximum absolute atomic E-state index is 12.3. The van der Waals surface area contributed by atoms with Crippen LogP contribution in [0.5, 0.6) is 0 Å². The van der Waals surface area contributed by atoms with Crippen molar-refractivity contribution in [2.24, 2.45) is 0 Å². The first-order valence-corrected chi connectivity index (χ1v) is 7.20. The van der Waals surface area contributed by atoms with Crippen molar-refractivity contribution in [1.82, 2.24) is 10.2 Å². The number of carbonyl (C=O) groups excluding carboxylic acids is 1. The SMILES string of the molecule is CC(C)(C)c1[nH]ncc1C=CC(=O)c1cc2ccccc2o1. The minimum atomic E-state index is -0.155. The third kappa shape index (κ3) is 2.72. The van der Waals surface area contributed by atoms with E-state index in [2.05, 4.69) is 31.0 Å². The summed E-state index contributed by atoms with van der Waals surface area (Å²) in [4.78, 5) is 12.3. The summed E-state index contributed by atoms with van der Waals surface area (Å²) in [6.07, 6.45) is 5.03. The van der Waals surface area contributed by atoms with Gasteiger partial charge >= 0.3 is 0 Å². The number of aromatic amines is 1. The van der Waals surface area contributed by atoms with Crippen LogP contribution in [0.3, 0.4) is 0 Å². The third-order valence-corrected chi connectivity index (χ3v) is 3.50. The van der Waals surface area contributed by atoms with E-state index in [1.54, 1.807) is 18.3 Å². The van der Waals surface area contributed by atoms with Crippen molar-refractivity contribution in [1.29, 1.82) is 0 Å². The molecule has 0 bridgehead atoms. The van der Waals surface area contributed by atoms with E-state index in [1.807, 2.05) is 24.3 Å². The number of aromatic nitrogens is 2. The van der Waals surface area contributed by atoms with Crippen LogP contribution < -0.4 is 0 Å². The molecule has 112 valence electrons. The number of hydrogen-bond donors (Lipinski definition) is 1. The molecular weight excluding hydrogens is 276 g/mol. The Morgan fingerprint density at radius 2 is 2.05 bits per heavy atom. The van der Waals surface area contributed by atoms with Crippen molar-refractivity contribution in [3.05, 3.63) is 59.6 Å². The highest BCUT2D eigenvalue weighted by Gasteiger charge is 2.19. The van der Waals surface area contributed by atoms with Crippen LogP contribution >= 0.6 is 0 Å². The van der Waals surface area contributed by atoms with Gasteiger partial charge in [-0.2, -0.15) is 5.10 Å². The van der Waals surface area contributed by atoms with Gasteiger partial charge in [0.2, 0.25) is 5.78 Å². The van der Waals surface area contributed by atoms with Gasteiger partial charge in [-0.3, -0.25) is 9.89 Å². The number of H-pyrrole nitrogens is 1. The number of nitrogens with zero attached hydrogens (tertiary/aromatic N) is 1. The first-order chi connectivity index (χ1) is 10.4. The molecule has 4 heteroatoms. The average molecular weight is 294 g/mol. The van der Waals surface area contributed by atoms with Crippen LogP contribution in [0.25, 0.3) is 17.0 Å². The number of benzene rings is 1. The zero-order valence-electron chi connectivity index (χ0n) is 12.9. The summed E-state index contributed by atoms with van der Waals surface area (Å²) >= 11 is 0. The van der Waals surface area contributed by atoms with Gasteiger partial charge in [0.1, 0.15) is 5.58 Å². The summed E-state index contributed by atoms with van der Waals surface area (Å²) in [5.74, 6) is 0.190. The minimum Gasteiger partial charge on any atom is -0.453 e. The van der Waals surface area contributed by atoms with Crippen molar-refractivity contribution >= 4 is 22.8 Å². The van der Waals surface area contributed by atoms with E-state index in [0.29, 0.717) is 5.76 Å². The molecule has 3 aromatic rings. The number of rotatable bonds is 3. The second-order valence-electron chi connectivity index (χ2n) is 6.30. The highest BCUT2D eigenvalue weighted by Crippen LogP contribution is 2.24. The number of furan rings is 1. The molecule has 0 saturated carbocycles. The molecule has 0 aliphatic rings. The van der Waals surface area contributed by atoms with Crippen LogP contribution in [0.4, 0.5) is 0 Å². The molecule has 0 fully saturated rings. The molecule has 1 N–H and O–H groups in total. The summed E-state index contributed by atoms with van der Waals surface area (Å²) in [6, 6.07) is 9.35. The predicted octanol–water partition coefficient (Wildman–Crippen LogP) is 4.35. The van der Waals surface area contributed by atoms with Crippen LogP contribution in [0.2, 0.25) is 0 Å². The Morgan fingerprint density at radius 1 is 1.27 bits per heavy atom. The minimum absolute atomic E-state index is 0.0570. The van der Waals surface area contributed by atoms with Gasteiger partial charge in [-0.1, -0.05) is 39.0 Å². The lowest BCUT2D eigenvalue weighted by Gasteiger charge is -2.16. The molecule has 0 aliphatic heterocycles. The van der Waals surface area contributed by atoms with E-state index in [0.717, 1.165) is 22.2 Å². The standard InChI is InChI=1S/C18H18N2O2/c1-18(2,3)17-13(11-19-20-17)8-9-14(21)16-10-12-6-4-5-7-15(12)22-16/h4-11H,1-3H3,(H,19,20). The molecule has 0 spiro atoms. The number of hydrogen-bond acceptors (Lipinski definition) is 3. The Bertz CT molecular complexity index is 814. The third-order valence-electron chi connectivity index (χ3n) is 3.50. The first kappa shape index (κ1) is 14.3. The monoisotopic (exact) mass is 294 g/mol. The van der Waals surface area contributed by atoms with Gasteiger partial charge < -0.3 is 4.42 Å². The maximum Gasteiger partial charge on any atom is 0.221 e. The molecule has 1 aromatic carbocycles. The van der Waals surface area contributed by atoms with E-state index in [9.17, 15) is 4.79 Å². The van der Waals surface area contributed by atoms with Gasteiger partial charge in [0.15, 0.2) is 5.76 Å². The summed E-state index contributed by atoms with van der Waals surface area (Å²) in [5.41, 5.74) is 2.58. The summed E-state index contributed by atoms with van der Waals surface area (Å²) < 4.78 is 5.57. The summed E-state index contributed by atoms with van der Waals surface area (Å²) in [6.45, 7) is 6.29. The van der Waals surface area contributed by atoms with Gasteiger partial charge in [-0.05, 0) is 24.3 Å². The largest absolute Gasteiger partial charge is 0.453 e. The smallest absolute Gasteiger partial charge is 0.221 e. The van der Waals surface area contributed by atoms with E-state index >= 15 is 0 Å². The topological polar surface area (TPSA) is 58.9 Å². The van der Waals surface area contributed by atoms with Crippen molar-refractivity contribution in [2.45, 2.75) is 26.2 Å². The number of nitrogens with one attached hydrogen (secondary N) is 1. The molecule has 2 aromatic heterocycles. The van der Waals surface area contributed by atoms with E-state index in [1.165, 1.54) is 6.08 Å². The Labute approximate surface area is 128 Å². The fraction of sp³-hybridized carbons (Fsp3) is 0.222. The molecule has 4 nitrogen and oxygen atoms in total. The molecule has 3 rings (SSSR count). The normalized spacial score (nSPS) is 12.3. The number of fused-ring (bicyclic) bond motifs is 1. The van der Waals surface area contributed by atoms with Crippen LogP contribution in [-0.2, 0) is 5.41 Å². The second kappa shape index (κ2) is 5.30. The molecular formula is C18H18N2O2. The number of carbonyl (C=O) groups is 1. The zero-order chi connectivity index (χ0) is 15.7. The van der Waals surface area contributed by atoms with E-state index < -0.39 is 0 Å². The van der Waals surface area contributed by atoms with Gasteiger partial charge in [0.05, 0.1) is 6.20 Å². The van der Waals surface area contributed by atoms with Gasteiger partial charge in [0, 0.05) is 22.1 Å². The molecule has 2 heterocycles. The van der Waals surface area contributed by atoms with Gasteiger partial charge in [0.25, 0.3) is 0 Å². The van der Waals surface area contributed by atoms with E-state index in [4.69, 9.17) is 4.42 Å². The Balaban J connectivity index is 1.86. The van der Waals surface area contributed by atoms with Crippen molar-refractivity contribution in [3.8, 4) is 0 Å². The van der Waals surface area contributed by atoms with Crippen LogP contribution in [0, 0.1) is 0 Å². The zero-order valence-corrected chi connectivity index (χ0v) is 12.9. The molecule has 0 atom stereocenters. The van der Waals surface area contributed by atoms with Crippen molar-refractivity contribution in [2.75, 3.05) is 0 Å². The molecule has 22 heavy (non-hydrogen) atoms. The predicted molar refractivity (Wildman–Crippen MR) is 86.9 cm³/mol. The van der Waals surface area contributed by atoms with Crippen LogP contribution in [-0.4, -0.2) is 16.0 Å². The quantitative estimate of drug-likeness (QED) is 0.577. The highest BCUT2D eigenvalue weighted by atomic mass is 16.3. The van der Waals surface area contributed by atoms with Crippen molar-refractivity contribution in [3.63, 3.8) is 0 Å². The lowest BCUT2D eigenvalue weighted by Crippen LogP contribution is -2.13. The first-order valence-electron chi connectivity index (χ1n) is 7.20. The lowest BCUT2D eigenvalue weighted by molar-refractivity contribution is 0.102. The van der Waals surface area contributed by atoms with Gasteiger partial charge in [-0.25, -0.2) is 0 Å². The number of allylic oxidation sites excluding steroid dienone is 1. The molecule has 0 amide bonds. The molecule has 0 radical (unpaired) electrons. The lowest BCUT2D eigenvalue weighted by atomic mass is 9.89. The molecule has 0 aliphatic carbocycles. The Kier molecular flexibility index (Phi) is 3.45. The fourth-order valence-corrected chi connectivity index (χ4v) is 2.37. The van der Waals surface area contributed by atoms with Crippen molar-refractivity contribution < 1.29 is 9.21 Å². The number of ketones is 1. The Morgan fingerprint density at radius 3 is 2.77 bits per heavy atom. The van der Waals surface area contributed by atoms with Crippen LogP contribution in [0.1, 0.15) is 42.6 Å². The number of para-hydroxylation sites is 1. The van der Waals surface area contributed by atoms with Gasteiger partial charge in [-0.15, -0.1) is 0 Å². The molecule has 0 unspecified atom stereocenters. The van der Waals surface area contributed by atoms with E-state index in [-0.39, 0.29) is 11.2 Å². The molecule has 0 saturated heterocycles. The van der Waals surface area contributed by atoms with Crippen LogP contribution in [0.15, 0.2) is 47.0 Å². The summed E-state index contributed by atoms with van der Waals surface area (Å²) in [5, 5.41) is 7.99. The second-order valence-corrected chi connectivity index (χ2v) is 6.30. The summed E-state index contributed by atoms with van der Waals surface area (Å²) in [7, 11) is 0. The highest BCUT2D eigenvalue weighted by molar-refractivity contribution is 6.07. The average Bonchev–Trinajstić information content (AvgIpc) is 3.10. The Hall–Kier alpha value is -2.62.